The normalized spacial score (nSPS) is 11.3. The minimum Gasteiger partial charge on any atom is -0.456 e. The molecule has 1 heterocycles. The molecule has 11 heteroatoms. The lowest BCUT2D eigenvalue weighted by molar-refractivity contribution is 0.102. The number of rotatable bonds is 8. The van der Waals surface area contributed by atoms with Crippen LogP contribution >= 0.6 is 23.2 Å². The van der Waals surface area contributed by atoms with Crippen molar-refractivity contribution in [2.24, 2.45) is 0 Å². The van der Waals surface area contributed by atoms with Gasteiger partial charge in [-0.1, -0.05) is 59.6 Å². The lowest BCUT2D eigenvalue weighted by Crippen LogP contribution is -2.19. The number of H-pyrrole nitrogens is 1. The van der Waals surface area contributed by atoms with Crippen LogP contribution in [-0.2, 0) is 10.0 Å². The molecule has 0 aliphatic rings. The second kappa shape index (κ2) is 11.8. The van der Waals surface area contributed by atoms with Gasteiger partial charge in [-0.05, 0) is 78.9 Å². The monoisotopic (exact) mass is 628 g/mol. The SMILES string of the molecule is O=C(Nc1ccccc1-c1nc2ccccc2[nH]1)c1cc(Cl)ccc1NS(=O)(=O)c1ccc(Oc2ccccc2Cl)cc1. The number of amides is 1. The van der Waals surface area contributed by atoms with Gasteiger partial charge in [0.05, 0.1) is 37.9 Å². The molecule has 0 fully saturated rings. The highest BCUT2D eigenvalue weighted by Crippen LogP contribution is 2.32. The fourth-order valence-electron chi connectivity index (χ4n) is 4.41. The Labute approximate surface area is 257 Å². The van der Waals surface area contributed by atoms with Gasteiger partial charge < -0.3 is 15.0 Å². The lowest BCUT2D eigenvalue weighted by Gasteiger charge is -2.15. The van der Waals surface area contributed by atoms with E-state index >= 15 is 0 Å². The maximum absolute atomic E-state index is 13.5. The van der Waals surface area contributed by atoms with Gasteiger partial charge in [0.15, 0.2) is 0 Å². The molecule has 0 radical (unpaired) electrons. The van der Waals surface area contributed by atoms with Crippen LogP contribution in [0.3, 0.4) is 0 Å². The van der Waals surface area contributed by atoms with Crippen molar-refractivity contribution in [2.45, 2.75) is 4.90 Å². The molecular formula is C32H22Cl2N4O4S. The summed E-state index contributed by atoms with van der Waals surface area (Å²) in [5.74, 6) is 0.858. The minimum absolute atomic E-state index is 0.0319. The summed E-state index contributed by atoms with van der Waals surface area (Å²) in [7, 11) is -4.09. The first-order valence-electron chi connectivity index (χ1n) is 13.0. The number of carbonyl (C=O) groups excluding carboxylic acids is 1. The molecule has 5 aromatic carbocycles. The zero-order valence-corrected chi connectivity index (χ0v) is 24.5. The van der Waals surface area contributed by atoms with Gasteiger partial charge in [-0.25, -0.2) is 13.4 Å². The van der Waals surface area contributed by atoms with Crippen LogP contribution in [-0.4, -0.2) is 24.3 Å². The summed E-state index contributed by atoms with van der Waals surface area (Å²) in [6, 6.07) is 31.9. The Morgan fingerprint density at radius 2 is 1.51 bits per heavy atom. The third-order valence-corrected chi connectivity index (χ3v) is 8.42. The first-order chi connectivity index (χ1) is 20.8. The number of nitrogens with zero attached hydrogens (tertiary/aromatic N) is 1. The molecule has 6 aromatic rings. The zero-order valence-electron chi connectivity index (χ0n) is 22.2. The van der Waals surface area contributed by atoms with Gasteiger partial charge in [-0.2, -0.15) is 0 Å². The number of benzene rings is 5. The summed E-state index contributed by atoms with van der Waals surface area (Å²) in [6.45, 7) is 0. The van der Waals surface area contributed by atoms with E-state index in [4.69, 9.17) is 27.9 Å². The first kappa shape index (κ1) is 28.3. The Morgan fingerprint density at radius 3 is 2.30 bits per heavy atom. The number of para-hydroxylation sites is 4. The molecule has 8 nitrogen and oxygen atoms in total. The molecule has 43 heavy (non-hydrogen) atoms. The number of sulfonamides is 1. The number of imidazole rings is 1. The predicted octanol–water partition coefficient (Wildman–Crippen LogP) is 8.38. The number of aromatic nitrogens is 2. The number of aromatic amines is 1. The molecule has 0 bridgehead atoms. The van der Waals surface area contributed by atoms with Crippen LogP contribution in [0.4, 0.5) is 11.4 Å². The highest BCUT2D eigenvalue weighted by Gasteiger charge is 2.21. The topological polar surface area (TPSA) is 113 Å². The summed E-state index contributed by atoms with van der Waals surface area (Å²) in [5, 5.41) is 3.57. The third-order valence-electron chi connectivity index (χ3n) is 6.49. The fraction of sp³-hybridized carbons (Fsp3) is 0. The van der Waals surface area contributed by atoms with Gasteiger partial charge in [0.2, 0.25) is 0 Å². The molecule has 1 aromatic heterocycles. The Hall–Kier alpha value is -4.83. The summed E-state index contributed by atoms with van der Waals surface area (Å²) in [4.78, 5) is 21.4. The Bertz CT molecular complexity index is 2050. The first-order valence-corrected chi connectivity index (χ1v) is 15.2. The van der Waals surface area contributed by atoms with E-state index in [2.05, 4.69) is 20.0 Å². The summed E-state index contributed by atoms with van der Waals surface area (Å²) in [6.07, 6.45) is 0. The van der Waals surface area contributed by atoms with Gasteiger partial charge in [0.1, 0.15) is 17.3 Å². The van der Waals surface area contributed by atoms with E-state index in [0.717, 1.165) is 11.0 Å². The quantitative estimate of drug-likeness (QED) is 0.157. The molecule has 1 amide bonds. The Morgan fingerprint density at radius 1 is 0.791 bits per heavy atom. The molecule has 0 aliphatic carbocycles. The van der Waals surface area contributed by atoms with Gasteiger partial charge in [-0.15, -0.1) is 0 Å². The number of carbonyl (C=O) groups is 1. The van der Waals surface area contributed by atoms with E-state index < -0.39 is 15.9 Å². The third kappa shape index (κ3) is 6.19. The van der Waals surface area contributed by atoms with Crippen molar-refractivity contribution in [3.63, 3.8) is 0 Å². The minimum atomic E-state index is -4.09. The fourth-order valence-corrected chi connectivity index (χ4v) is 5.83. The summed E-state index contributed by atoms with van der Waals surface area (Å²) in [5.41, 5.74) is 2.88. The van der Waals surface area contributed by atoms with Gasteiger partial charge in [0, 0.05) is 10.6 Å². The van der Waals surface area contributed by atoms with Crippen LogP contribution in [0.1, 0.15) is 10.4 Å². The van der Waals surface area contributed by atoms with Crippen LogP contribution in [0, 0.1) is 0 Å². The zero-order chi connectivity index (χ0) is 30.0. The maximum atomic E-state index is 13.5. The van der Waals surface area contributed by atoms with E-state index in [1.807, 2.05) is 36.4 Å². The highest BCUT2D eigenvalue weighted by molar-refractivity contribution is 7.92. The van der Waals surface area contributed by atoms with Crippen LogP contribution in [0.2, 0.25) is 10.0 Å². The van der Waals surface area contributed by atoms with E-state index in [1.165, 1.54) is 42.5 Å². The van der Waals surface area contributed by atoms with Gasteiger partial charge >= 0.3 is 0 Å². The molecule has 214 valence electrons. The largest absolute Gasteiger partial charge is 0.456 e. The van der Waals surface area contributed by atoms with Crippen molar-refractivity contribution in [1.29, 1.82) is 0 Å². The molecule has 0 saturated heterocycles. The Balaban J connectivity index is 1.24. The van der Waals surface area contributed by atoms with Gasteiger partial charge in [-0.3, -0.25) is 9.52 Å². The van der Waals surface area contributed by atoms with Crippen molar-refractivity contribution in [3.8, 4) is 22.9 Å². The van der Waals surface area contributed by atoms with Crippen molar-refractivity contribution in [3.05, 3.63) is 131 Å². The van der Waals surface area contributed by atoms with E-state index in [-0.39, 0.29) is 21.2 Å². The molecule has 0 spiro atoms. The predicted molar refractivity (Wildman–Crippen MR) is 170 cm³/mol. The molecule has 3 N–H and O–H groups in total. The van der Waals surface area contributed by atoms with Crippen LogP contribution in [0.15, 0.2) is 120 Å². The molecule has 0 saturated carbocycles. The average Bonchev–Trinajstić information content (AvgIpc) is 3.44. The Kier molecular flexibility index (Phi) is 7.77. The second-order valence-electron chi connectivity index (χ2n) is 9.40. The number of halogens is 2. The lowest BCUT2D eigenvalue weighted by atomic mass is 10.1. The summed E-state index contributed by atoms with van der Waals surface area (Å²) < 4.78 is 34.9. The number of fused-ring (bicyclic) bond motifs is 1. The van der Waals surface area contributed by atoms with Crippen molar-refractivity contribution in [1.82, 2.24) is 9.97 Å². The standard InChI is InChI=1S/C32H22Cl2N4O4S/c33-20-13-18-27(38-43(40,41)22-16-14-21(15-17-22)42-30-12-6-2-8-25(30)34)24(19-20)32(39)37-26-9-3-1-7-23(26)31-35-28-10-4-5-11-29(28)36-31/h1-19,38H,(H,35,36)(H,37,39). The molecule has 0 aliphatic heterocycles. The van der Waals surface area contributed by atoms with E-state index in [9.17, 15) is 13.2 Å². The van der Waals surface area contributed by atoms with Crippen molar-refractivity contribution < 1.29 is 17.9 Å². The number of ether oxygens (including phenoxy) is 1. The number of anilines is 2. The second-order valence-corrected chi connectivity index (χ2v) is 11.9. The molecule has 0 atom stereocenters. The van der Waals surface area contributed by atoms with E-state index in [0.29, 0.717) is 33.6 Å². The molecule has 6 rings (SSSR count). The number of nitrogens with one attached hydrogen (secondary N) is 3. The van der Waals surface area contributed by atoms with E-state index in [1.54, 1.807) is 36.4 Å². The number of hydrogen-bond donors (Lipinski definition) is 3. The van der Waals surface area contributed by atoms with Crippen molar-refractivity contribution in [2.75, 3.05) is 10.0 Å². The maximum Gasteiger partial charge on any atom is 0.261 e. The van der Waals surface area contributed by atoms with Gasteiger partial charge in [0.25, 0.3) is 15.9 Å². The molecule has 0 unspecified atom stereocenters. The highest BCUT2D eigenvalue weighted by atomic mass is 35.5. The summed E-state index contributed by atoms with van der Waals surface area (Å²) >= 11 is 12.4. The van der Waals surface area contributed by atoms with Crippen molar-refractivity contribution >= 4 is 61.5 Å². The smallest absolute Gasteiger partial charge is 0.261 e. The van der Waals surface area contributed by atoms with Crippen LogP contribution in [0.25, 0.3) is 22.4 Å². The molecular weight excluding hydrogens is 607 g/mol. The van der Waals surface area contributed by atoms with Crippen LogP contribution in [0.5, 0.6) is 11.5 Å². The number of hydrogen-bond acceptors (Lipinski definition) is 5. The average molecular weight is 630 g/mol. The van der Waals surface area contributed by atoms with Crippen LogP contribution < -0.4 is 14.8 Å².